The summed E-state index contributed by atoms with van der Waals surface area (Å²) in [5, 5.41) is 3.34. The van der Waals surface area contributed by atoms with Crippen molar-refractivity contribution in [2.75, 3.05) is 13.1 Å². The first-order valence-electron chi connectivity index (χ1n) is 7.14. The van der Waals surface area contributed by atoms with Crippen molar-refractivity contribution in [2.24, 2.45) is 0 Å². The number of amides is 1. The van der Waals surface area contributed by atoms with E-state index < -0.39 is 16.3 Å². The van der Waals surface area contributed by atoms with Crippen molar-refractivity contribution in [1.29, 1.82) is 0 Å². The van der Waals surface area contributed by atoms with Gasteiger partial charge in [0.15, 0.2) is 0 Å². The molecule has 0 saturated carbocycles. The molecule has 0 aromatic heterocycles. The number of rotatable bonds is 4. The van der Waals surface area contributed by atoms with Crippen molar-refractivity contribution in [2.45, 2.75) is 57.7 Å². The van der Waals surface area contributed by atoms with Crippen LogP contribution in [0.4, 0.5) is 4.79 Å². The highest BCUT2D eigenvalue weighted by molar-refractivity contribution is 7.87. The maximum atomic E-state index is 12.3. The van der Waals surface area contributed by atoms with Crippen molar-refractivity contribution >= 4 is 16.3 Å². The SMILES string of the molecule is CC(C)OC(=O)NS(=O)(=O)N1CCCC1C1CCCN1. The third kappa shape index (κ3) is 3.62. The van der Waals surface area contributed by atoms with Gasteiger partial charge in [-0.2, -0.15) is 12.7 Å². The van der Waals surface area contributed by atoms with E-state index in [1.807, 2.05) is 4.72 Å². The lowest BCUT2D eigenvalue weighted by molar-refractivity contribution is 0.120. The lowest BCUT2D eigenvalue weighted by Gasteiger charge is -2.28. The van der Waals surface area contributed by atoms with Crippen LogP contribution in [0.1, 0.15) is 39.5 Å². The lowest BCUT2D eigenvalue weighted by atomic mass is 10.1. The Morgan fingerprint density at radius 2 is 2.10 bits per heavy atom. The van der Waals surface area contributed by atoms with Gasteiger partial charge in [-0.1, -0.05) is 0 Å². The minimum atomic E-state index is -3.82. The second-order valence-electron chi connectivity index (χ2n) is 5.58. The Morgan fingerprint density at radius 1 is 1.35 bits per heavy atom. The molecule has 1 amide bonds. The fourth-order valence-electron chi connectivity index (χ4n) is 2.91. The summed E-state index contributed by atoms with van der Waals surface area (Å²) in [5.41, 5.74) is 0. The summed E-state index contributed by atoms with van der Waals surface area (Å²) in [7, 11) is -3.82. The van der Waals surface area contributed by atoms with Gasteiger partial charge in [0, 0.05) is 18.6 Å². The Hall–Kier alpha value is -0.860. The Bertz CT molecular complexity index is 446. The van der Waals surface area contributed by atoms with E-state index in [4.69, 9.17) is 4.74 Å². The van der Waals surface area contributed by atoms with Crippen LogP contribution < -0.4 is 10.0 Å². The van der Waals surface area contributed by atoms with E-state index in [-0.39, 0.29) is 18.2 Å². The molecule has 2 heterocycles. The van der Waals surface area contributed by atoms with E-state index >= 15 is 0 Å². The highest BCUT2D eigenvalue weighted by Gasteiger charge is 2.40. The van der Waals surface area contributed by atoms with Gasteiger partial charge in [-0.15, -0.1) is 0 Å². The Labute approximate surface area is 120 Å². The van der Waals surface area contributed by atoms with Gasteiger partial charge in [-0.3, -0.25) is 0 Å². The number of nitrogens with zero attached hydrogens (tertiary/aromatic N) is 1. The summed E-state index contributed by atoms with van der Waals surface area (Å²) in [5.74, 6) is 0. The zero-order valence-corrected chi connectivity index (χ0v) is 12.8. The molecule has 2 unspecified atom stereocenters. The van der Waals surface area contributed by atoms with Gasteiger partial charge >= 0.3 is 16.3 Å². The van der Waals surface area contributed by atoms with Gasteiger partial charge in [-0.05, 0) is 46.1 Å². The third-order valence-corrected chi connectivity index (χ3v) is 5.17. The zero-order valence-electron chi connectivity index (χ0n) is 12.0. The number of hydrogen-bond acceptors (Lipinski definition) is 5. The largest absolute Gasteiger partial charge is 0.446 e. The molecule has 2 aliphatic rings. The monoisotopic (exact) mass is 305 g/mol. The Morgan fingerprint density at radius 3 is 2.70 bits per heavy atom. The van der Waals surface area contributed by atoms with Crippen LogP contribution in [-0.2, 0) is 14.9 Å². The molecule has 7 nitrogen and oxygen atoms in total. The van der Waals surface area contributed by atoms with Gasteiger partial charge < -0.3 is 10.1 Å². The van der Waals surface area contributed by atoms with E-state index in [0.717, 1.165) is 32.2 Å². The molecule has 116 valence electrons. The number of nitrogens with one attached hydrogen (secondary N) is 2. The average Bonchev–Trinajstić information content (AvgIpc) is 2.98. The fraction of sp³-hybridized carbons (Fsp3) is 0.917. The van der Waals surface area contributed by atoms with Crippen LogP contribution in [0.2, 0.25) is 0 Å². The molecule has 2 fully saturated rings. The van der Waals surface area contributed by atoms with Crippen molar-refractivity contribution in [3.05, 3.63) is 0 Å². The van der Waals surface area contributed by atoms with Gasteiger partial charge in [0.25, 0.3) is 0 Å². The van der Waals surface area contributed by atoms with Crippen LogP contribution in [0, 0.1) is 0 Å². The fourth-order valence-corrected chi connectivity index (χ4v) is 4.26. The predicted octanol–water partition coefficient (Wildman–Crippen LogP) is 0.582. The first kappa shape index (κ1) is 15.5. The maximum absolute atomic E-state index is 12.3. The van der Waals surface area contributed by atoms with E-state index in [9.17, 15) is 13.2 Å². The van der Waals surface area contributed by atoms with Crippen molar-refractivity contribution in [3.63, 3.8) is 0 Å². The topological polar surface area (TPSA) is 87.7 Å². The van der Waals surface area contributed by atoms with Crippen molar-refractivity contribution < 1.29 is 17.9 Å². The molecule has 0 aliphatic carbocycles. The highest BCUT2D eigenvalue weighted by atomic mass is 32.2. The molecule has 0 aromatic carbocycles. The molecule has 0 spiro atoms. The standard InChI is InChI=1S/C12H23N3O4S/c1-9(2)19-12(16)14-20(17,18)15-8-4-6-11(15)10-5-3-7-13-10/h9-11,13H,3-8H2,1-2H3,(H,14,16). The van der Waals surface area contributed by atoms with Crippen LogP contribution in [0.25, 0.3) is 0 Å². The molecule has 2 rings (SSSR count). The summed E-state index contributed by atoms with van der Waals surface area (Å²) in [4.78, 5) is 11.5. The summed E-state index contributed by atoms with van der Waals surface area (Å²) in [6, 6.07) is 0.122. The molecule has 0 radical (unpaired) electrons. The van der Waals surface area contributed by atoms with E-state index in [1.54, 1.807) is 13.8 Å². The summed E-state index contributed by atoms with van der Waals surface area (Å²) in [6.07, 6.45) is 2.44. The highest BCUT2D eigenvalue weighted by Crippen LogP contribution is 2.26. The third-order valence-electron chi connectivity index (χ3n) is 3.67. The van der Waals surface area contributed by atoms with Crippen molar-refractivity contribution in [1.82, 2.24) is 14.3 Å². The molecule has 8 heteroatoms. The zero-order chi connectivity index (χ0) is 14.8. The molecule has 2 saturated heterocycles. The maximum Gasteiger partial charge on any atom is 0.422 e. The molecule has 2 N–H and O–H groups in total. The predicted molar refractivity (Wildman–Crippen MR) is 74.4 cm³/mol. The second-order valence-corrected chi connectivity index (χ2v) is 7.21. The molecule has 20 heavy (non-hydrogen) atoms. The number of carbonyl (C=O) groups is 1. The van der Waals surface area contributed by atoms with Crippen LogP contribution in [0.3, 0.4) is 0 Å². The van der Waals surface area contributed by atoms with Crippen LogP contribution in [-0.4, -0.2) is 50.1 Å². The van der Waals surface area contributed by atoms with Crippen LogP contribution >= 0.6 is 0 Å². The summed E-state index contributed by atoms with van der Waals surface area (Å²) < 4.78 is 32.8. The Balaban J connectivity index is 2.02. The molecule has 2 aliphatic heterocycles. The van der Waals surface area contributed by atoms with E-state index in [0.29, 0.717) is 6.54 Å². The number of hydrogen-bond donors (Lipinski definition) is 2. The minimum absolute atomic E-state index is 0.0677. The molecule has 0 aromatic rings. The molecule has 2 atom stereocenters. The van der Waals surface area contributed by atoms with E-state index in [2.05, 4.69) is 5.32 Å². The summed E-state index contributed by atoms with van der Waals surface area (Å²) in [6.45, 7) is 4.73. The normalized spacial score (nSPS) is 27.9. The van der Waals surface area contributed by atoms with Crippen LogP contribution in [0.15, 0.2) is 0 Å². The average molecular weight is 305 g/mol. The van der Waals surface area contributed by atoms with E-state index in [1.165, 1.54) is 4.31 Å². The smallest absolute Gasteiger partial charge is 0.422 e. The van der Waals surface area contributed by atoms with Crippen molar-refractivity contribution in [3.8, 4) is 0 Å². The van der Waals surface area contributed by atoms with Gasteiger partial charge in [0.1, 0.15) is 0 Å². The quantitative estimate of drug-likeness (QED) is 0.793. The van der Waals surface area contributed by atoms with Crippen LogP contribution in [0.5, 0.6) is 0 Å². The molecule has 0 bridgehead atoms. The first-order valence-corrected chi connectivity index (χ1v) is 8.58. The minimum Gasteiger partial charge on any atom is -0.446 e. The Kier molecular flexibility index (Phi) is 4.87. The first-order chi connectivity index (χ1) is 9.40. The van der Waals surface area contributed by atoms with Gasteiger partial charge in [0.05, 0.1) is 6.10 Å². The van der Waals surface area contributed by atoms with Gasteiger partial charge in [0.2, 0.25) is 0 Å². The van der Waals surface area contributed by atoms with Gasteiger partial charge in [-0.25, -0.2) is 9.52 Å². The number of ether oxygens (including phenoxy) is 1. The summed E-state index contributed by atoms with van der Waals surface area (Å²) >= 11 is 0. The molecular weight excluding hydrogens is 282 g/mol. The molecular formula is C12H23N3O4S. The lowest BCUT2D eigenvalue weighted by Crippen LogP contribution is -2.51. The number of carbonyl (C=O) groups excluding carboxylic acids is 1. The second kappa shape index (κ2) is 6.28.